The van der Waals surface area contributed by atoms with Crippen LogP contribution in [-0.2, 0) is 19.6 Å². The second kappa shape index (κ2) is 11.6. The van der Waals surface area contributed by atoms with Gasteiger partial charge < -0.3 is 19.5 Å². The van der Waals surface area contributed by atoms with Gasteiger partial charge in [-0.3, -0.25) is 9.52 Å². The van der Waals surface area contributed by atoms with E-state index in [0.717, 1.165) is 59.8 Å². The van der Waals surface area contributed by atoms with Crippen LogP contribution in [0.1, 0.15) is 45.4 Å². The van der Waals surface area contributed by atoms with Crippen molar-refractivity contribution < 1.29 is 26.7 Å². The standard InChI is InChI=1S/C32H37F2N7O4S/c1-2-45-29(42)21-46(43,44)38-23-3-4-25(27(19-23)39-13-8-31(6-7-31)9-14-39)30-35-20-26(37-30)22-17-24-5-12-36-41(24)28(18-22)40-15-10-32(33,34)11-16-40/h3-5,12,17-20,38H,2,6-11,13-16,21H2,1H3,(H,35,37). The Bertz CT molecular complexity index is 1870. The van der Waals surface area contributed by atoms with Crippen LogP contribution < -0.4 is 14.5 Å². The highest BCUT2D eigenvalue weighted by molar-refractivity contribution is 7.93. The molecule has 11 nitrogen and oxygen atoms in total. The smallest absolute Gasteiger partial charge is 0.323 e. The van der Waals surface area contributed by atoms with E-state index in [1.165, 1.54) is 12.8 Å². The van der Waals surface area contributed by atoms with Crippen molar-refractivity contribution in [1.82, 2.24) is 19.6 Å². The topological polar surface area (TPSA) is 125 Å². The number of piperidine rings is 2. The predicted octanol–water partition coefficient (Wildman–Crippen LogP) is 5.31. The lowest BCUT2D eigenvalue weighted by Gasteiger charge is -2.35. The zero-order chi connectivity index (χ0) is 32.1. The molecule has 7 rings (SSSR count). The van der Waals surface area contributed by atoms with Crippen LogP contribution in [0.2, 0.25) is 0 Å². The van der Waals surface area contributed by atoms with Crippen LogP contribution in [0.3, 0.4) is 0 Å². The van der Waals surface area contributed by atoms with Gasteiger partial charge in [0.2, 0.25) is 10.0 Å². The van der Waals surface area contributed by atoms with E-state index < -0.39 is 27.7 Å². The number of ether oxygens (including phenoxy) is 1. The van der Waals surface area contributed by atoms with Gasteiger partial charge >= 0.3 is 5.97 Å². The number of aromatic amines is 1. The molecule has 0 unspecified atom stereocenters. The van der Waals surface area contributed by atoms with E-state index in [4.69, 9.17) is 9.72 Å². The van der Waals surface area contributed by atoms with Gasteiger partial charge in [-0.2, -0.15) is 5.10 Å². The molecule has 1 saturated carbocycles. The summed E-state index contributed by atoms with van der Waals surface area (Å²) in [4.78, 5) is 24.3. The van der Waals surface area contributed by atoms with Gasteiger partial charge in [-0.05, 0) is 74.4 Å². The fourth-order valence-electron chi connectivity index (χ4n) is 6.59. The van der Waals surface area contributed by atoms with E-state index in [9.17, 15) is 22.0 Å². The number of aromatic nitrogens is 4. The summed E-state index contributed by atoms with van der Waals surface area (Å²) < 4.78 is 62.5. The molecule has 0 bridgehead atoms. The molecule has 1 aliphatic carbocycles. The molecule has 5 heterocycles. The van der Waals surface area contributed by atoms with Gasteiger partial charge in [-0.1, -0.05) is 0 Å². The third-order valence-electron chi connectivity index (χ3n) is 9.44. The fourth-order valence-corrected chi connectivity index (χ4v) is 7.55. The number of nitrogens with zero attached hydrogens (tertiary/aromatic N) is 5. The zero-order valence-electron chi connectivity index (χ0n) is 25.6. The van der Waals surface area contributed by atoms with Crippen molar-refractivity contribution in [3.8, 4) is 22.6 Å². The lowest BCUT2D eigenvalue weighted by Crippen LogP contribution is -2.40. The first kappa shape index (κ1) is 30.5. The largest absolute Gasteiger partial charge is 0.465 e. The lowest BCUT2D eigenvalue weighted by atomic mass is 9.93. The number of carbonyl (C=O) groups is 1. The summed E-state index contributed by atoms with van der Waals surface area (Å²) in [6.45, 7) is 3.88. The quantitative estimate of drug-likeness (QED) is 0.233. The molecule has 46 heavy (non-hydrogen) atoms. The number of sulfonamides is 1. The molecule has 0 atom stereocenters. The number of benzene rings is 1. The monoisotopic (exact) mass is 653 g/mol. The maximum atomic E-state index is 13.9. The summed E-state index contributed by atoms with van der Waals surface area (Å²) in [5.74, 6) is -2.88. The predicted molar refractivity (Wildman–Crippen MR) is 172 cm³/mol. The van der Waals surface area contributed by atoms with E-state index in [-0.39, 0.29) is 32.5 Å². The number of H-pyrrole nitrogens is 1. The van der Waals surface area contributed by atoms with E-state index in [1.807, 2.05) is 29.2 Å². The number of esters is 1. The van der Waals surface area contributed by atoms with Gasteiger partial charge in [-0.15, -0.1) is 0 Å². The second-order valence-corrected chi connectivity index (χ2v) is 14.4. The van der Waals surface area contributed by atoms with Crippen molar-refractivity contribution >= 4 is 38.7 Å². The normalized spacial score (nSPS) is 19.0. The summed E-state index contributed by atoms with van der Waals surface area (Å²) >= 11 is 0. The number of halogens is 2. The number of pyridine rings is 1. The Kier molecular flexibility index (Phi) is 7.65. The molecule has 1 aromatic carbocycles. The molecule has 244 valence electrons. The van der Waals surface area contributed by atoms with Gasteiger partial charge in [-0.25, -0.2) is 26.7 Å². The van der Waals surface area contributed by atoms with E-state index >= 15 is 0 Å². The van der Waals surface area contributed by atoms with Crippen LogP contribution in [0.15, 0.2) is 48.8 Å². The minimum atomic E-state index is -3.97. The van der Waals surface area contributed by atoms with Crippen LogP contribution in [0.5, 0.6) is 0 Å². The molecule has 0 radical (unpaired) electrons. The average Bonchev–Trinajstić information content (AvgIpc) is 3.38. The minimum absolute atomic E-state index is 0.101. The Morgan fingerprint density at radius 2 is 1.74 bits per heavy atom. The maximum absolute atomic E-state index is 13.9. The van der Waals surface area contributed by atoms with Crippen molar-refractivity contribution in [2.45, 2.75) is 51.4 Å². The lowest BCUT2D eigenvalue weighted by molar-refractivity contribution is -0.139. The molecular formula is C32H37F2N7O4S. The first-order valence-electron chi connectivity index (χ1n) is 15.7. The van der Waals surface area contributed by atoms with Crippen molar-refractivity contribution in [1.29, 1.82) is 0 Å². The molecular weight excluding hydrogens is 616 g/mol. The number of nitrogens with one attached hydrogen (secondary N) is 2. The second-order valence-electron chi connectivity index (χ2n) is 12.6. The van der Waals surface area contributed by atoms with Crippen LogP contribution in [-0.4, -0.2) is 78.4 Å². The third kappa shape index (κ3) is 6.26. The summed E-state index contributed by atoms with van der Waals surface area (Å²) in [6.07, 6.45) is 7.70. The van der Waals surface area contributed by atoms with Crippen molar-refractivity contribution in [3.63, 3.8) is 0 Å². The van der Waals surface area contributed by atoms with E-state index in [0.29, 0.717) is 16.9 Å². The summed E-state index contributed by atoms with van der Waals surface area (Å²) in [5, 5.41) is 4.44. The molecule has 3 fully saturated rings. The number of alkyl halides is 2. The molecule has 2 N–H and O–H groups in total. The Balaban J connectivity index is 1.20. The summed E-state index contributed by atoms with van der Waals surface area (Å²) in [6, 6.07) is 11.1. The van der Waals surface area contributed by atoms with Crippen LogP contribution >= 0.6 is 0 Å². The van der Waals surface area contributed by atoms with Gasteiger partial charge in [0, 0.05) is 55.8 Å². The fraction of sp³-hybridized carbons (Fsp3) is 0.469. The third-order valence-corrected chi connectivity index (χ3v) is 10.6. The highest BCUT2D eigenvalue weighted by Gasteiger charge is 2.44. The molecule has 2 aliphatic heterocycles. The van der Waals surface area contributed by atoms with Crippen LogP contribution in [0, 0.1) is 5.41 Å². The number of hydrogen-bond acceptors (Lipinski definition) is 8. The van der Waals surface area contributed by atoms with Gasteiger partial charge in [0.05, 0.1) is 35.9 Å². The number of rotatable bonds is 9. The molecule has 3 aromatic heterocycles. The van der Waals surface area contributed by atoms with Crippen LogP contribution in [0.25, 0.3) is 28.2 Å². The van der Waals surface area contributed by atoms with Crippen molar-refractivity contribution in [3.05, 3.63) is 48.8 Å². The number of hydrogen-bond donors (Lipinski definition) is 2. The van der Waals surface area contributed by atoms with E-state index in [1.54, 1.807) is 36.0 Å². The molecule has 3 aliphatic rings. The first-order chi connectivity index (χ1) is 22.0. The van der Waals surface area contributed by atoms with Gasteiger partial charge in [0.1, 0.15) is 11.6 Å². The summed E-state index contributed by atoms with van der Waals surface area (Å²) in [5.41, 5.74) is 4.89. The SMILES string of the molecule is CCOC(=O)CS(=O)(=O)Nc1ccc(-c2ncc(-c3cc(N4CCC(F)(F)CC4)n4nccc4c3)[nH]2)c(N2CCC3(CC2)CC3)c1. The minimum Gasteiger partial charge on any atom is -0.465 e. The van der Waals surface area contributed by atoms with Gasteiger partial charge in [0.25, 0.3) is 5.92 Å². The van der Waals surface area contributed by atoms with Crippen molar-refractivity contribution in [2.24, 2.45) is 5.41 Å². The molecule has 2 saturated heterocycles. The summed E-state index contributed by atoms with van der Waals surface area (Å²) in [7, 11) is -3.97. The van der Waals surface area contributed by atoms with E-state index in [2.05, 4.69) is 19.7 Å². The Hall–Kier alpha value is -4.20. The number of carbonyl (C=O) groups excluding carboxylic acids is 1. The van der Waals surface area contributed by atoms with Gasteiger partial charge in [0.15, 0.2) is 5.75 Å². The number of imidazole rings is 1. The highest BCUT2D eigenvalue weighted by atomic mass is 32.2. The highest BCUT2D eigenvalue weighted by Crippen LogP contribution is 2.54. The average molecular weight is 654 g/mol. The Morgan fingerprint density at radius 1 is 1.00 bits per heavy atom. The molecule has 14 heteroatoms. The number of anilines is 3. The molecule has 4 aromatic rings. The maximum Gasteiger partial charge on any atom is 0.323 e. The first-order valence-corrected chi connectivity index (χ1v) is 17.4. The molecule has 0 amide bonds. The number of fused-ring (bicyclic) bond motifs is 1. The Morgan fingerprint density at radius 3 is 2.46 bits per heavy atom. The Labute approximate surface area is 266 Å². The zero-order valence-corrected chi connectivity index (χ0v) is 26.5. The molecule has 1 spiro atoms. The van der Waals surface area contributed by atoms with Crippen LogP contribution in [0.4, 0.5) is 26.0 Å². The van der Waals surface area contributed by atoms with Crippen molar-refractivity contribution in [2.75, 3.05) is 53.1 Å².